The fourth-order valence-corrected chi connectivity index (χ4v) is 5.37. The van der Waals surface area contributed by atoms with Crippen molar-refractivity contribution in [2.24, 2.45) is 5.41 Å². The summed E-state index contributed by atoms with van der Waals surface area (Å²) in [5, 5.41) is 0.575. The first-order valence-electron chi connectivity index (χ1n) is 14.2. The Labute approximate surface area is 244 Å². The van der Waals surface area contributed by atoms with E-state index in [4.69, 9.17) is 13.6 Å². The van der Waals surface area contributed by atoms with Gasteiger partial charge in [-0.15, -0.1) is 0 Å². The molecule has 5 rings (SSSR count). The molecule has 0 aliphatic carbocycles. The number of amides is 2. The van der Waals surface area contributed by atoms with E-state index in [0.717, 1.165) is 0 Å². The van der Waals surface area contributed by atoms with Crippen LogP contribution in [-0.4, -0.2) is 59.6 Å². The molecule has 0 saturated carbocycles. The fourth-order valence-electron chi connectivity index (χ4n) is 5.37. The summed E-state index contributed by atoms with van der Waals surface area (Å²) in [6.45, 7) is 10.2. The van der Waals surface area contributed by atoms with Crippen LogP contribution in [0.3, 0.4) is 0 Å². The van der Waals surface area contributed by atoms with Crippen molar-refractivity contribution in [1.29, 1.82) is 0 Å². The highest BCUT2D eigenvalue weighted by Gasteiger charge is 2.45. The molecule has 3 aromatic heterocycles. The van der Waals surface area contributed by atoms with Crippen molar-refractivity contribution in [1.82, 2.24) is 14.5 Å². The molecule has 42 heavy (non-hydrogen) atoms. The van der Waals surface area contributed by atoms with E-state index < -0.39 is 5.41 Å². The molecule has 1 aromatic carbocycles. The zero-order valence-corrected chi connectivity index (χ0v) is 24.8. The maximum Gasteiger partial charge on any atom is 0.261 e. The number of aromatic nitrogens is 2. The van der Waals surface area contributed by atoms with Crippen molar-refractivity contribution in [2.75, 3.05) is 43.1 Å². The molecule has 1 aliphatic heterocycles. The number of aryl methyl sites for hydroxylation is 1. The number of oxazole rings is 1. The van der Waals surface area contributed by atoms with Gasteiger partial charge in [0.25, 0.3) is 5.56 Å². The van der Waals surface area contributed by atoms with Crippen LogP contribution in [0.1, 0.15) is 38.8 Å². The first kappa shape index (κ1) is 29.1. The highest BCUT2D eigenvalue weighted by molar-refractivity contribution is 6.20. The molecule has 1 aliphatic rings. The van der Waals surface area contributed by atoms with Gasteiger partial charge in [0, 0.05) is 45.5 Å². The molecule has 0 spiro atoms. The minimum absolute atomic E-state index is 0.0813. The number of carbonyl (C=O) groups is 2. The summed E-state index contributed by atoms with van der Waals surface area (Å²) < 4.78 is 18.8. The minimum Gasteiger partial charge on any atom is -0.493 e. The van der Waals surface area contributed by atoms with Gasteiger partial charge < -0.3 is 27.9 Å². The summed E-state index contributed by atoms with van der Waals surface area (Å²) in [6.07, 6.45) is 5.62. The lowest BCUT2D eigenvalue weighted by Crippen LogP contribution is -2.47. The van der Waals surface area contributed by atoms with E-state index in [9.17, 15) is 14.4 Å². The van der Waals surface area contributed by atoms with E-state index in [1.165, 1.54) is 4.90 Å². The van der Waals surface area contributed by atoms with E-state index in [2.05, 4.69) is 9.88 Å². The van der Waals surface area contributed by atoms with E-state index in [1.807, 2.05) is 38.1 Å². The van der Waals surface area contributed by atoms with Gasteiger partial charge >= 0.3 is 0 Å². The number of carbonyl (C=O) groups excluding carboxylic acids is 2. The van der Waals surface area contributed by atoms with Gasteiger partial charge in [-0.25, -0.2) is 4.98 Å². The normalized spacial score (nSPS) is 15.0. The molecule has 0 bridgehead atoms. The van der Waals surface area contributed by atoms with Gasteiger partial charge in [-0.2, -0.15) is 0 Å². The Balaban J connectivity index is 1.24. The average molecular weight is 576 g/mol. The second kappa shape index (κ2) is 11.8. The molecule has 2 amide bonds. The number of hydrogen-bond acceptors (Lipinski definition) is 8. The number of nitrogens with zero attached hydrogens (tertiary/aromatic N) is 5. The summed E-state index contributed by atoms with van der Waals surface area (Å²) >= 11 is 0. The van der Waals surface area contributed by atoms with Crippen molar-refractivity contribution >= 4 is 34.2 Å². The van der Waals surface area contributed by atoms with Gasteiger partial charge in [-0.1, -0.05) is 0 Å². The van der Waals surface area contributed by atoms with E-state index in [-0.39, 0.29) is 17.4 Å². The van der Waals surface area contributed by atoms with Crippen molar-refractivity contribution < 1.29 is 23.2 Å². The van der Waals surface area contributed by atoms with Crippen molar-refractivity contribution in [2.45, 2.75) is 47.2 Å². The zero-order chi connectivity index (χ0) is 30.0. The molecule has 0 unspecified atom stereocenters. The Kier molecular flexibility index (Phi) is 8.22. The molecular weight excluding hydrogens is 538 g/mol. The smallest absolute Gasteiger partial charge is 0.261 e. The average Bonchev–Trinajstić information content (AvgIpc) is 3.62. The first-order chi connectivity index (χ1) is 20.1. The molecular formula is C31H37N5O6. The maximum absolute atomic E-state index is 13.1. The molecule has 4 heterocycles. The van der Waals surface area contributed by atoms with Crippen LogP contribution in [0.2, 0.25) is 0 Å². The van der Waals surface area contributed by atoms with Crippen molar-refractivity contribution in [3.8, 4) is 5.75 Å². The molecule has 11 nitrogen and oxygen atoms in total. The van der Waals surface area contributed by atoms with Crippen LogP contribution in [0.5, 0.6) is 5.75 Å². The summed E-state index contributed by atoms with van der Waals surface area (Å²) in [5.41, 5.74) is 0.674. The lowest BCUT2D eigenvalue weighted by atomic mass is 9.90. The van der Waals surface area contributed by atoms with Crippen LogP contribution in [0.25, 0.3) is 11.0 Å². The molecule has 4 aromatic rings. The highest BCUT2D eigenvalue weighted by Crippen LogP contribution is 2.40. The molecule has 0 radical (unpaired) electrons. The molecule has 222 valence electrons. The highest BCUT2D eigenvalue weighted by atomic mass is 16.5. The third-order valence-electron chi connectivity index (χ3n) is 7.70. The Morgan fingerprint density at radius 1 is 1.05 bits per heavy atom. The van der Waals surface area contributed by atoms with Crippen LogP contribution >= 0.6 is 0 Å². The number of fused-ring (bicyclic) bond motifs is 2. The maximum atomic E-state index is 13.1. The van der Waals surface area contributed by atoms with Crippen molar-refractivity contribution in [3.05, 3.63) is 71.0 Å². The number of furan rings is 1. The van der Waals surface area contributed by atoms with Gasteiger partial charge in [0.05, 0.1) is 36.1 Å². The zero-order valence-electron chi connectivity index (χ0n) is 24.8. The molecule has 0 fully saturated rings. The van der Waals surface area contributed by atoms with Gasteiger partial charge in [0.2, 0.25) is 17.7 Å². The van der Waals surface area contributed by atoms with Gasteiger partial charge in [-0.3, -0.25) is 19.3 Å². The third kappa shape index (κ3) is 5.69. The number of hydrogen-bond donors (Lipinski definition) is 0. The molecule has 0 N–H and O–H groups in total. The van der Waals surface area contributed by atoms with E-state index in [0.29, 0.717) is 85.5 Å². The Morgan fingerprint density at radius 2 is 1.86 bits per heavy atom. The quantitative estimate of drug-likeness (QED) is 0.193. The number of pyridine rings is 1. The van der Waals surface area contributed by atoms with Crippen LogP contribution in [0.4, 0.5) is 11.4 Å². The SMILES string of the molecule is CCN1C(=O)C(C)(C)C(=O)N(C)c2cc(OCCCN(CCn3ccc4oc(C)cc4c3=O)Cc3ncco3)ccc21. The van der Waals surface area contributed by atoms with Crippen LogP contribution in [0.15, 0.2) is 62.6 Å². The van der Waals surface area contributed by atoms with E-state index in [1.54, 1.807) is 55.1 Å². The Morgan fingerprint density at radius 3 is 2.60 bits per heavy atom. The second-order valence-corrected chi connectivity index (χ2v) is 11.0. The summed E-state index contributed by atoms with van der Waals surface area (Å²) in [5.74, 6) is 1.44. The standard InChI is InChI=1S/C31H37N5O6/c1-6-36-24-9-8-22(19-25(24)33(5)29(38)31(3,4)30(36)39)40-16-7-12-34(20-27-32-11-17-41-27)14-15-35-13-10-26-23(28(35)37)18-21(2)42-26/h8-11,13,17-19H,6-7,12,14-16,20H2,1-5H3. The van der Waals surface area contributed by atoms with Gasteiger partial charge in [0.15, 0.2) is 0 Å². The summed E-state index contributed by atoms with van der Waals surface area (Å²) in [4.78, 5) is 48.8. The lowest BCUT2D eigenvalue weighted by molar-refractivity contribution is -0.137. The van der Waals surface area contributed by atoms with Crippen LogP contribution in [-0.2, 0) is 22.7 Å². The molecule has 0 saturated heterocycles. The first-order valence-corrected chi connectivity index (χ1v) is 14.2. The summed E-state index contributed by atoms with van der Waals surface area (Å²) in [6, 6.07) is 9.07. The largest absolute Gasteiger partial charge is 0.493 e. The molecule has 0 atom stereocenters. The Hall–Kier alpha value is -4.38. The Bertz CT molecular complexity index is 1640. The topological polar surface area (TPSA) is 114 Å². The number of ether oxygens (including phenoxy) is 1. The summed E-state index contributed by atoms with van der Waals surface area (Å²) in [7, 11) is 1.69. The molecule has 11 heteroatoms. The monoisotopic (exact) mass is 575 g/mol. The number of anilines is 2. The predicted octanol–water partition coefficient (Wildman–Crippen LogP) is 4.22. The van der Waals surface area contributed by atoms with Gasteiger partial charge in [0.1, 0.15) is 28.8 Å². The number of benzene rings is 1. The lowest BCUT2D eigenvalue weighted by Gasteiger charge is -2.27. The second-order valence-electron chi connectivity index (χ2n) is 11.0. The van der Waals surface area contributed by atoms with Crippen LogP contribution in [0, 0.1) is 12.3 Å². The van der Waals surface area contributed by atoms with Crippen LogP contribution < -0.4 is 20.1 Å². The van der Waals surface area contributed by atoms with Gasteiger partial charge in [-0.05, 0) is 58.4 Å². The predicted molar refractivity (Wildman–Crippen MR) is 159 cm³/mol. The number of rotatable bonds is 11. The van der Waals surface area contributed by atoms with Crippen molar-refractivity contribution in [3.63, 3.8) is 0 Å². The fraction of sp³-hybridized carbons (Fsp3) is 0.419. The third-order valence-corrected chi connectivity index (χ3v) is 7.70. The van der Waals surface area contributed by atoms with E-state index >= 15 is 0 Å². The minimum atomic E-state index is -1.16.